The van der Waals surface area contributed by atoms with Crippen molar-refractivity contribution in [1.82, 2.24) is 4.98 Å². The Bertz CT molecular complexity index is 835. The number of anilines is 1. The van der Waals surface area contributed by atoms with Crippen LogP contribution >= 0.6 is 11.6 Å². The number of aromatic nitrogens is 1. The van der Waals surface area contributed by atoms with Gasteiger partial charge in [0.05, 0.1) is 11.2 Å². The SMILES string of the molecule is O=C(Nc1ccc(F)c2cccnc12)c1cccc(Cl)c1. The highest BCUT2D eigenvalue weighted by atomic mass is 35.5. The Morgan fingerprint density at radius 2 is 2.00 bits per heavy atom. The van der Waals surface area contributed by atoms with Gasteiger partial charge in [0.25, 0.3) is 5.91 Å². The summed E-state index contributed by atoms with van der Waals surface area (Å²) in [6.07, 6.45) is 1.55. The molecule has 0 aliphatic carbocycles. The maximum Gasteiger partial charge on any atom is 0.255 e. The lowest BCUT2D eigenvalue weighted by Gasteiger charge is -2.08. The van der Waals surface area contributed by atoms with Gasteiger partial charge in [0.1, 0.15) is 5.82 Å². The highest BCUT2D eigenvalue weighted by Gasteiger charge is 2.11. The van der Waals surface area contributed by atoms with E-state index in [9.17, 15) is 9.18 Å². The molecule has 0 atom stereocenters. The Hall–Kier alpha value is -2.46. The Morgan fingerprint density at radius 1 is 1.14 bits per heavy atom. The van der Waals surface area contributed by atoms with Crippen LogP contribution in [-0.4, -0.2) is 10.9 Å². The van der Waals surface area contributed by atoms with Crippen LogP contribution in [0.1, 0.15) is 10.4 Å². The summed E-state index contributed by atoms with van der Waals surface area (Å²) in [5, 5.41) is 3.57. The smallest absolute Gasteiger partial charge is 0.255 e. The van der Waals surface area contributed by atoms with Crippen LogP contribution in [0, 0.1) is 5.82 Å². The van der Waals surface area contributed by atoms with Crippen LogP contribution in [0.2, 0.25) is 5.02 Å². The number of nitrogens with zero attached hydrogens (tertiary/aromatic N) is 1. The Balaban J connectivity index is 1.99. The van der Waals surface area contributed by atoms with Gasteiger partial charge in [0.15, 0.2) is 0 Å². The zero-order valence-electron chi connectivity index (χ0n) is 10.8. The topological polar surface area (TPSA) is 42.0 Å². The minimum absolute atomic E-state index is 0.323. The third-order valence-corrected chi connectivity index (χ3v) is 3.29. The molecule has 1 heterocycles. The van der Waals surface area contributed by atoms with Crippen molar-refractivity contribution in [2.45, 2.75) is 0 Å². The van der Waals surface area contributed by atoms with Gasteiger partial charge in [-0.2, -0.15) is 0 Å². The summed E-state index contributed by atoms with van der Waals surface area (Å²) >= 11 is 5.87. The van der Waals surface area contributed by atoms with E-state index in [1.165, 1.54) is 12.1 Å². The quantitative estimate of drug-likeness (QED) is 0.767. The van der Waals surface area contributed by atoms with Crippen molar-refractivity contribution in [3.8, 4) is 0 Å². The molecule has 0 bridgehead atoms. The third kappa shape index (κ3) is 2.71. The van der Waals surface area contributed by atoms with Crippen LogP contribution in [0.15, 0.2) is 54.7 Å². The molecule has 0 aliphatic rings. The van der Waals surface area contributed by atoms with Crippen molar-refractivity contribution in [3.63, 3.8) is 0 Å². The number of carbonyl (C=O) groups is 1. The van der Waals surface area contributed by atoms with Crippen LogP contribution < -0.4 is 5.32 Å². The second-order valence-corrected chi connectivity index (χ2v) is 4.90. The minimum Gasteiger partial charge on any atom is -0.320 e. The molecule has 104 valence electrons. The molecule has 0 saturated heterocycles. The molecule has 3 nitrogen and oxygen atoms in total. The summed E-state index contributed by atoms with van der Waals surface area (Å²) < 4.78 is 13.7. The average molecular weight is 301 g/mol. The number of fused-ring (bicyclic) bond motifs is 1. The molecular weight excluding hydrogens is 291 g/mol. The summed E-state index contributed by atoms with van der Waals surface area (Å²) in [4.78, 5) is 16.3. The maximum atomic E-state index is 13.7. The van der Waals surface area contributed by atoms with Gasteiger partial charge in [-0.15, -0.1) is 0 Å². The largest absolute Gasteiger partial charge is 0.320 e. The van der Waals surface area contributed by atoms with Crippen molar-refractivity contribution in [2.75, 3.05) is 5.32 Å². The van der Waals surface area contributed by atoms with E-state index in [1.54, 1.807) is 42.6 Å². The Labute approximate surface area is 125 Å². The second-order valence-electron chi connectivity index (χ2n) is 4.46. The molecule has 2 aromatic carbocycles. The molecule has 0 saturated carbocycles. The number of hydrogen-bond donors (Lipinski definition) is 1. The van der Waals surface area contributed by atoms with E-state index in [-0.39, 0.29) is 11.7 Å². The molecule has 0 aliphatic heterocycles. The first-order valence-corrected chi connectivity index (χ1v) is 6.63. The predicted octanol–water partition coefficient (Wildman–Crippen LogP) is 4.28. The van der Waals surface area contributed by atoms with E-state index in [2.05, 4.69) is 10.3 Å². The number of hydrogen-bond acceptors (Lipinski definition) is 2. The van der Waals surface area contributed by atoms with E-state index < -0.39 is 0 Å². The first-order valence-electron chi connectivity index (χ1n) is 6.25. The third-order valence-electron chi connectivity index (χ3n) is 3.05. The van der Waals surface area contributed by atoms with Gasteiger partial charge in [-0.05, 0) is 42.5 Å². The van der Waals surface area contributed by atoms with Crippen LogP contribution in [0.25, 0.3) is 10.9 Å². The molecule has 21 heavy (non-hydrogen) atoms. The average Bonchev–Trinajstić information content (AvgIpc) is 2.50. The van der Waals surface area contributed by atoms with E-state index in [0.29, 0.717) is 27.2 Å². The number of rotatable bonds is 2. The highest BCUT2D eigenvalue weighted by molar-refractivity contribution is 6.31. The second kappa shape index (κ2) is 5.50. The number of halogens is 2. The first kappa shape index (κ1) is 13.5. The standard InChI is InChI=1S/C16H10ClFN2O/c17-11-4-1-3-10(9-11)16(21)20-14-7-6-13(18)12-5-2-8-19-15(12)14/h1-9H,(H,20,21). The highest BCUT2D eigenvalue weighted by Crippen LogP contribution is 2.24. The molecule has 1 amide bonds. The lowest BCUT2D eigenvalue weighted by Crippen LogP contribution is -2.12. The summed E-state index contributed by atoms with van der Waals surface area (Å²) in [5.41, 5.74) is 1.29. The summed E-state index contributed by atoms with van der Waals surface area (Å²) in [5.74, 6) is -0.699. The fraction of sp³-hybridized carbons (Fsp3) is 0. The molecule has 1 aromatic heterocycles. The van der Waals surface area contributed by atoms with Crippen LogP contribution in [0.3, 0.4) is 0 Å². The number of nitrogens with one attached hydrogen (secondary N) is 1. The molecule has 1 N–H and O–H groups in total. The van der Waals surface area contributed by atoms with Gasteiger partial charge in [0.2, 0.25) is 0 Å². The summed E-state index contributed by atoms with van der Waals surface area (Å²) in [6.45, 7) is 0. The van der Waals surface area contributed by atoms with Gasteiger partial charge >= 0.3 is 0 Å². The van der Waals surface area contributed by atoms with E-state index >= 15 is 0 Å². The predicted molar refractivity (Wildman–Crippen MR) is 81.1 cm³/mol. The van der Waals surface area contributed by atoms with Crippen LogP contribution in [0.4, 0.5) is 10.1 Å². The van der Waals surface area contributed by atoms with Crippen molar-refractivity contribution in [1.29, 1.82) is 0 Å². The summed E-state index contributed by atoms with van der Waals surface area (Å²) in [6, 6.07) is 12.7. The Morgan fingerprint density at radius 3 is 2.81 bits per heavy atom. The van der Waals surface area contributed by atoms with Gasteiger partial charge < -0.3 is 5.32 Å². The van der Waals surface area contributed by atoms with E-state index in [4.69, 9.17) is 11.6 Å². The molecule has 0 radical (unpaired) electrons. The van der Waals surface area contributed by atoms with Gasteiger partial charge in [-0.3, -0.25) is 9.78 Å². The van der Waals surface area contributed by atoms with Crippen molar-refractivity contribution in [2.24, 2.45) is 0 Å². The normalized spacial score (nSPS) is 10.6. The van der Waals surface area contributed by atoms with Gasteiger partial charge in [-0.1, -0.05) is 17.7 Å². The number of pyridine rings is 1. The van der Waals surface area contributed by atoms with Gasteiger partial charge in [0, 0.05) is 22.2 Å². The van der Waals surface area contributed by atoms with Crippen molar-refractivity contribution in [3.05, 3.63) is 71.1 Å². The zero-order valence-corrected chi connectivity index (χ0v) is 11.6. The Kier molecular flexibility index (Phi) is 3.54. The van der Waals surface area contributed by atoms with E-state index in [1.807, 2.05) is 0 Å². The lowest BCUT2D eigenvalue weighted by molar-refractivity contribution is 0.102. The lowest BCUT2D eigenvalue weighted by atomic mass is 10.1. The molecule has 5 heteroatoms. The van der Waals surface area contributed by atoms with Crippen molar-refractivity contribution < 1.29 is 9.18 Å². The molecular formula is C16H10ClFN2O. The molecule has 0 unspecified atom stereocenters. The van der Waals surface area contributed by atoms with Crippen LogP contribution in [0.5, 0.6) is 0 Å². The fourth-order valence-corrected chi connectivity index (χ4v) is 2.25. The van der Waals surface area contributed by atoms with Gasteiger partial charge in [-0.25, -0.2) is 4.39 Å². The number of benzene rings is 2. The molecule has 0 fully saturated rings. The molecule has 3 aromatic rings. The van der Waals surface area contributed by atoms with E-state index in [0.717, 1.165) is 0 Å². The molecule has 3 rings (SSSR count). The maximum absolute atomic E-state index is 13.7. The minimum atomic E-state index is -0.376. The zero-order chi connectivity index (χ0) is 14.8. The number of carbonyl (C=O) groups excluding carboxylic acids is 1. The van der Waals surface area contributed by atoms with Crippen LogP contribution in [-0.2, 0) is 0 Å². The fourth-order valence-electron chi connectivity index (χ4n) is 2.06. The number of amides is 1. The summed E-state index contributed by atoms with van der Waals surface area (Å²) in [7, 11) is 0. The molecule has 0 spiro atoms. The first-order chi connectivity index (χ1) is 10.1. The van der Waals surface area contributed by atoms with Crippen molar-refractivity contribution >= 4 is 34.1 Å². The monoisotopic (exact) mass is 300 g/mol.